The fraction of sp³-hybridized carbons (Fsp3) is 0.375. The molecule has 0 bridgehead atoms. The fourth-order valence-electron chi connectivity index (χ4n) is 1.87. The summed E-state index contributed by atoms with van der Waals surface area (Å²) in [5.74, 6) is -0.508. The molecule has 1 aromatic heterocycles. The summed E-state index contributed by atoms with van der Waals surface area (Å²) < 4.78 is 13.2. The van der Waals surface area contributed by atoms with E-state index >= 15 is 0 Å². The summed E-state index contributed by atoms with van der Waals surface area (Å²) in [5, 5.41) is 3.25. The number of nitrogens with zero attached hydrogens (tertiary/aromatic N) is 1. The molecule has 0 aliphatic rings. The molecule has 1 aromatic carbocycles. The van der Waals surface area contributed by atoms with Crippen LogP contribution in [0.5, 0.6) is 0 Å². The fourth-order valence-corrected chi connectivity index (χ4v) is 2.72. The maximum absolute atomic E-state index is 13.2. The monoisotopic (exact) mass is 357 g/mol. The molecule has 7 heteroatoms. The SMILES string of the molecule is CC(C)(C)[C@H](N)C(=O)Nc1ncc(Cc2cccc(F)c2)s1.Cl. The molecule has 0 radical (unpaired) electrons. The van der Waals surface area contributed by atoms with E-state index in [-0.39, 0.29) is 29.5 Å². The molecule has 4 nitrogen and oxygen atoms in total. The van der Waals surface area contributed by atoms with Gasteiger partial charge in [-0.1, -0.05) is 32.9 Å². The maximum atomic E-state index is 13.2. The third-order valence-corrected chi connectivity index (χ3v) is 4.18. The molecule has 0 saturated carbocycles. The molecular formula is C16H21ClFN3OS. The molecule has 0 aliphatic carbocycles. The lowest BCUT2D eigenvalue weighted by Crippen LogP contribution is -2.45. The highest BCUT2D eigenvalue weighted by atomic mass is 35.5. The number of aromatic nitrogens is 1. The van der Waals surface area contributed by atoms with Crippen LogP contribution in [0.1, 0.15) is 31.2 Å². The third-order valence-electron chi connectivity index (χ3n) is 3.27. The van der Waals surface area contributed by atoms with Crippen molar-refractivity contribution in [3.8, 4) is 0 Å². The number of benzene rings is 1. The zero-order valence-electron chi connectivity index (χ0n) is 13.3. The highest BCUT2D eigenvalue weighted by Gasteiger charge is 2.27. The van der Waals surface area contributed by atoms with Gasteiger partial charge < -0.3 is 11.1 Å². The van der Waals surface area contributed by atoms with Crippen LogP contribution in [0.15, 0.2) is 30.5 Å². The van der Waals surface area contributed by atoms with Gasteiger partial charge in [-0.2, -0.15) is 0 Å². The van der Waals surface area contributed by atoms with Crippen molar-refractivity contribution in [1.82, 2.24) is 4.98 Å². The lowest BCUT2D eigenvalue weighted by atomic mass is 9.87. The van der Waals surface area contributed by atoms with Crippen LogP contribution in [0.25, 0.3) is 0 Å². The molecule has 0 fully saturated rings. The Hall–Kier alpha value is -1.50. The van der Waals surface area contributed by atoms with Crippen LogP contribution < -0.4 is 11.1 Å². The quantitative estimate of drug-likeness (QED) is 0.878. The lowest BCUT2D eigenvalue weighted by molar-refractivity contribution is -0.119. The minimum Gasteiger partial charge on any atom is -0.319 e. The Balaban J connectivity index is 0.00000264. The van der Waals surface area contributed by atoms with Gasteiger partial charge in [0.05, 0.1) is 6.04 Å². The van der Waals surface area contributed by atoms with Gasteiger partial charge >= 0.3 is 0 Å². The smallest absolute Gasteiger partial charge is 0.243 e. The second-order valence-corrected chi connectivity index (χ2v) is 7.39. The van der Waals surface area contributed by atoms with Crippen molar-refractivity contribution in [3.63, 3.8) is 0 Å². The van der Waals surface area contributed by atoms with Crippen molar-refractivity contribution in [2.75, 3.05) is 5.32 Å². The van der Waals surface area contributed by atoms with Gasteiger partial charge in [0.1, 0.15) is 5.82 Å². The number of nitrogens with two attached hydrogens (primary N) is 1. The van der Waals surface area contributed by atoms with E-state index in [1.54, 1.807) is 12.3 Å². The highest BCUT2D eigenvalue weighted by Crippen LogP contribution is 2.23. The van der Waals surface area contributed by atoms with E-state index in [4.69, 9.17) is 5.73 Å². The number of nitrogens with one attached hydrogen (secondary N) is 1. The van der Waals surface area contributed by atoms with Crippen LogP contribution in [0.3, 0.4) is 0 Å². The second-order valence-electron chi connectivity index (χ2n) is 6.27. The Morgan fingerprint density at radius 2 is 2.13 bits per heavy atom. The number of thiazole rings is 1. The number of anilines is 1. The first-order chi connectivity index (χ1) is 10.3. The van der Waals surface area contributed by atoms with Crippen LogP contribution in [-0.2, 0) is 11.2 Å². The summed E-state index contributed by atoms with van der Waals surface area (Å²) in [6.45, 7) is 5.73. The normalized spacial score (nSPS) is 12.4. The summed E-state index contributed by atoms with van der Waals surface area (Å²) in [7, 11) is 0. The van der Waals surface area contributed by atoms with Gasteiger partial charge in [0.2, 0.25) is 5.91 Å². The number of carbonyl (C=O) groups excluding carboxylic acids is 1. The summed E-state index contributed by atoms with van der Waals surface area (Å²) >= 11 is 1.37. The molecule has 0 unspecified atom stereocenters. The zero-order chi connectivity index (χ0) is 16.3. The average Bonchev–Trinajstić information content (AvgIpc) is 2.84. The van der Waals surface area contributed by atoms with Crippen molar-refractivity contribution in [1.29, 1.82) is 0 Å². The van der Waals surface area contributed by atoms with Crippen molar-refractivity contribution in [2.45, 2.75) is 33.2 Å². The number of carbonyl (C=O) groups is 1. The Bertz CT molecular complexity index is 669. The van der Waals surface area contributed by atoms with E-state index in [1.807, 2.05) is 26.8 Å². The second kappa shape index (κ2) is 7.86. The summed E-state index contributed by atoms with van der Waals surface area (Å²) in [6.07, 6.45) is 2.27. The first-order valence-corrected chi connectivity index (χ1v) is 7.83. The molecule has 0 aliphatic heterocycles. The lowest BCUT2D eigenvalue weighted by Gasteiger charge is -2.25. The zero-order valence-corrected chi connectivity index (χ0v) is 14.9. The van der Waals surface area contributed by atoms with Gasteiger partial charge in [0.25, 0.3) is 0 Å². The molecule has 2 rings (SSSR count). The molecule has 1 atom stereocenters. The van der Waals surface area contributed by atoms with Crippen LogP contribution in [0.4, 0.5) is 9.52 Å². The third kappa shape index (κ3) is 5.57. The molecule has 1 heterocycles. The predicted molar refractivity (Wildman–Crippen MR) is 94.6 cm³/mol. The molecule has 2 aromatic rings. The minimum atomic E-state index is -0.608. The number of amides is 1. The Morgan fingerprint density at radius 1 is 1.43 bits per heavy atom. The first-order valence-electron chi connectivity index (χ1n) is 7.01. The Morgan fingerprint density at radius 3 is 2.74 bits per heavy atom. The number of hydrogen-bond acceptors (Lipinski definition) is 4. The van der Waals surface area contributed by atoms with Crippen molar-refractivity contribution >= 4 is 34.8 Å². The van der Waals surface area contributed by atoms with E-state index in [0.29, 0.717) is 11.6 Å². The van der Waals surface area contributed by atoms with Gasteiger partial charge in [-0.25, -0.2) is 9.37 Å². The molecule has 0 saturated heterocycles. The van der Waals surface area contributed by atoms with E-state index in [0.717, 1.165) is 10.4 Å². The van der Waals surface area contributed by atoms with Gasteiger partial charge in [-0.3, -0.25) is 4.79 Å². The van der Waals surface area contributed by atoms with Crippen molar-refractivity contribution < 1.29 is 9.18 Å². The Labute approximate surface area is 145 Å². The standard InChI is InChI=1S/C16H20FN3OS.ClH/c1-16(2,3)13(18)14(21)20-15-19-9-12(22-15)8-10-5-4-6-11(17)7-10;/h4-7,9,13H,8,18H2,1-3H3,(H,19,20,21);1H/t13-;/m1./s1. The van der Waals surface area contributed by atoms with Crippen LogP contribution in [0, 0.1) is 11.2 Å². The number of rotatable bonds is 4. The van der Waals surface area contributed by atoms with E-state index in [1.165, 1.54) is 23.5 Å². The summed E-state index contributed by atoms with van der Waals surface area (Å²) in [6, 6.07) is 5.83. The number of hydrogen-bond donors (Lipinski definition) is 2. The first kappa shape index (κ1) is 19.5. The molecule has 126 valence electrons. The van der Waals surface area contributed by atoms with E-state index in [2.05, 4.69) is 10.3 Å². The topological polar surface area (TPSA) is 68.0 Å². The van der Waals surface area contributed by atoms with Crippen molar-refractivity contribution in [2.24, 2.45) is 11.1 Å². The molecule has 0 spiro atoms. The molecular weight excluding hydrogens is 337 g/mol. The van der Waals surface area contributed by atoms with Crippen LogP contribution >= 0.6 is 23.7 Å². The van der Waals surface area contributed by atoms with Gasteiger partial charge in [0, 0.05) is 17.5 Å². The largest absolute Gasteiger partial charge is 0.319 e. The molecule has 1 amide bonds. The molecule has 23 heavy (non-hydrogen) atoms. The number of halogens is 2. The molecule has 3 N–H and O–H groups in total. The van der Waals surface area contributed by atoms with Gasteiger partial charge in [-0.05, 0) is 23.1 Å². The maximum Gasteiger partial charge on any atom is 0.243 e. The van der Waals surface area contributed by atoms with Crippen LogP contribution in [0.2, 0.25) is 0 Å². The van der Waals surface area contributed by atoms with Crippen LogP contribution in [-0.4, -0.2) is 16.9 Å². The summed E-state index contributed by atoms with van der Waals surface area (Å²) in [5.41, 5.74) is 6.47. The predicted octanol–water partition coefficient (Wildman–Crippen LogP) is 3.61. The summed E-state index contributed by atoms with van der Waals surface area (Å²) in [4.78, 5) is 17.2. The van der Waals surface area contributed by atoms with Crippen molar-refractivity contribution in [3.05, 3.63) is 46.7 Å². The minimum absolute atomic E-state index is 0. The highest BCUT2D eigenvalue weighted by molar-refractivity contribution is 7.15. The Kier molecular flexibility index (Phi) is 6.68. The average molecular weight is 358 g/mol. The van der Waals surface area contributed by atoms with E-state index in [9.17, 15) is 9.18 Å². The van der Waals surface area contributed by atoms with Gasteiger partial charge in [0.15, 0.2) is 5.13 Å². The van der Waals surface area contributed by atoms with E-state index < -0.39 is 6.04 Å². The van der Waals surface area contributed by atoms with Gasteiger partial charge in [-0.15, -0.1) is 23.7 Å².